The number of nitrogens with zero attached hydrogens (tertiary/aromatic N) is 2. The summed E-state index contributed by atoms with van der Waals surface area (Å²) in [5.41, 5.74) is 2.50. The molecule has 1 fully saturated rings. The van der Waals surface area contributed by atoms with E-state index in [0.717, 1.165) is 30.6 Å². The molecule has 17 heavy (non-hydrogen) atoms. The molecule has 0 aliphatic heterocycles. The Kier molecular flexibility index (Phi) is 4.21. The van der Waals surface area contributed by atoms with Gasteiger partial charge in [-0.2, -0.15) is 5.10 Å². The maximum absolute atomic E-state index is 4.41. The molecule has 0 aromatic carbocycles. The average Bonchev–Trinajstić information content (AvgIpc) is 3.06. The second kappa shape index (κ2) is 5.67. The fraction of sp³-hybridized carbons (Fsp3) is 0.786. The Morgan fingerprint density at radius 1 is 1.53 bits per heavy atom. The minimum absolute atomic E-state index is 0.727. The van der Waals surface area contributed by atoms with Crippen molar-refractivity contribution in [2.45, 2.75) is 52.0 Å². The molecule has 1 unspecified atom stereocenters. The summed E-state index contributed by atoms with van der Waals surface area (Å²) in [7, 11) is 2.05. The number of aryl methyl sites for hydroxylation is 3. The molecular weight excluding hydrogens is 210 g/mol. The topological polar surface area (TPSA) is 29.9 Å². The van der Waals surface area contributed by atoms with Gasteiger partial charge in [-0.15, -0.1) is 0 Å². The molecule has 3 heteroatoms. The molecule has 1 aromatic rings. The molecule has 0 amide bonds. The van der Waals surface area contributed by atoms with E-state index in [1.165, 1.54) is 31.4 Å². The van der Waals surface area contributed by atoms with Gasteiger partial charge in [0.15, 0.2) is 0 Å². The lowest BCUT2D eigenvalue weighted by atomic mass is 10.0. The first-order valence-electron chi connectivity index (χ1n) is 6.93. The fourth-order valence-electron chi connectivity index (χ4n) is 2.53. The van der Waals surface area contributed by atoms with E-state index in [2.05, 4.69) is 30.3 Å². The van der Waals surface area contributed by atoms with E-state index >= 15 is 0 Å². The Bertz CT molecular complexity index is 352. The van der Waals surface area contributed by atoms with Crippen molar-refractivity contribution in [3.8, 4) is 0 Å². The van der Waals surface area contributed by atoms with Crippen LogP contribution < -0.4 is 5.32 Å². The van der Waals surface area contributed by atoms with E-state index in [-0.39, 0.29) is 0 Å². The van der Waals surface area contributed by atoms with Crippen LogP contribution in [-0.2, 0) is 13.5 Å². The van der Waals surface area contributed by atoms with Crippen molar-refractivity contribution in [3.05, 3.63) is 17.5 Å². The lowest BCUT2D eigenvalue weighted by Gasteiger charge is -2.17. The van der Waals surface area contributed by atoms with Crippen LogP contribution in [0.3, 0.4) is 0 Å². The number of nitrogens with one attached hydrogen (secondary N) is 1. The highest BCUT2D eigenvalue weighted by molar-refractivity contribution is 5.09. The summed E-state index contributed by atoms with van der Waals surface area (Å²) in [6.45, 7) is 5.46. The van der Waals surface area contributed by atoms with E-state index < -0.39 is 0 Å². The Morgan fingerprint density at radius 2 is 2.29 bits per heavy atom. The van der Waals surface area contributed by atoms with Crippen LogP contribution in [0.4, 0.5) is 0 Å². The zero-order chi connectivity index (χ0) is 12.3. The van der Waals surface area contributed by atoms with Gasteiger partial charge < -0.3 is 5.32 Å². The lowest BCUT2D eigenvalue weighted by Crippen LogP contribution is -2.32. The molecule has 2 rings (SSSR count). The molecule has 1 heterocycles. The first kappa shape index (κ1) is 12.6. The molecule has 1 aliphatic carbocycles. The molecule has 1 saturated carbocycles. The minimum atomic E-state index is 0.727. The molecule has 0 bridgehead atoms. The standard InChI is InChI=1S/C14H25N3/c1-4-9-15-14(12-5-6-12)8-7-13-10-11(2)16-17(13)3/h10,12,14-15H,4-9H2,1-3H3. The highest BCUT2D eigenvalue weighted by Crippen LogP contribution is 2.34. The van der Waals surface area contributed by atoms with Crippen molar-refractivity contribution in [1.82, 2.24) is 15.1 Å². The normalized spacial score (nSPS) is 17.4. The lowest BCUT2D eigenvalue weighted by molar-refractivity contribution is 0.431. The summed E-state index contributed by atoms with van der Waals surface area (Å²) in [6.07, 6.45) is 6.48. The Hall–Kier alpha value is -0.830. The Balaban J connectivity index is 1.84. The second-order valence-corrected chi connectivity index (χ2v) is 5.34. The first-order valence-corrected chi connectivity index (χ1v) is 6.93. The van der Waals surface area contributed by atoms with Crippen LogP contribution >= 0.6 is 0 Å². The molecule has 1 aliphatic rings. The zero-order valence-corrected chi connectivity index (χ0v) is 11.4. The van der Waals surface area contributed by atoms with Crippen LogP contribution in [0.5, 0.6) is 0 Å². The Labute approximate surface area is 105 Å². The van der Waals surface area contributed by atoms with Crippen molar-refractivity contribution in [3.63, 3.8) is 0 Å². The predicted octanol–water partition coefficient (Wildman–Crippen LogP) is 2.44. The number of hydrogen-bond donors (Lipinski definition) is 1. The van der Waals surface area contributed by atoms with Gasteiger partial charge in [-0.05, 0) is 57.6 Å². The second-order valence-electron chi connectivity index (χ2n) is 5.34. The number of hydrogen-bond acceptors (Lipinski definition) is 2. The van der Waals surface area contributed by atoms with Gasteiger partial charge in [-0.3, -0.25) is 4.68 Å². The van der Waals surface area contributed by atoms with Crippen molar-refractivity contribution in [1.29, 1.82) is 0 Å². The molecule has 0 radical (unpaired) electrons. The van der Waals surface area contributed by atoms with Crippen molar-refractivity contribution in [2.24, 2.45) is 13.0 Å². The van der Waals surface area contributed by atoms with Crippen LogP contribution in [0.25, 0.3) is 0 Å². The van der Waals surface area contributed by atoms with Gasteiger partial charge in [0.1, 0.15) is 0 Å². The van der Waals surface area contributed by atoms with Gasteiger partial charge in [0, 0.05) is 18.8 Å². The third-order valence-corrected chi connectivity index (χ3v) is 3.66. The van der Waals surface area contributed by atoms with Gasteiger partial charge in [0.05, 0.1) is 5.69 Å². The quantitative estimate of drug-likeness (QED) is 0.786. The molecule has 0 saturated heterocycles. The van der Waals surface area contributed by atoms with Gasteiger partial charge >= 0.3 is 0 Å². The molecule has 96 valence electrons. The molecular formula is C14H25N3. The molecule has 1 atom stereocenters. The average molecular weight is 235 g/mol. The maximum atomic E-state index is 4.41. The van der Waals surface area contributed by atoms with Gasteiger partial charge in [-0.1, -0.05) is 6.92 Å². The van der Waals surface area contributed by atoms with Crippen molar-refractivity contribution >= 4 is 0 Å². The van der Waals surface area contributed by atoms with E-state index in [0.29, 0.717) is 0 Å². The largest absolute Gasteiger partial charge is 0.314 e. The molecule has 1 aromatic heterocycles. The highest BCUT2D eigenvalue weighted by atomic mass is 15.3. The van der Waals surface area contributed by atoms with Gasteiger partial charge in [0.25, 0.3) is 0 Å². The smallest absolute Gasteiger partial charge is 0.0596 e. The van der Waals surface area contributed by atoms with Crippen LogP contribution in [0, 0.1) is 12.8 Å². The van der Waals surface area contributed by atoms with E-state index in [9.17, 15) is 0 Å². The van der Waals surface area contributed by atoms with Crippen molar-refractivity contribution < 1.29 is 0 Å². The molecule has 0 spiro atoms. The van der Waals surface area contributed by atoms with E-state index in [1.54, 1.807) is 0 Å². The van der Waals surface area contributed by atoms with Crippen LogP contribution in [-0.4, -0.2) is 22.4 Å². The summed E-state index contributed by atoms with van der Waals surface area (Å²) in [5.74, 6) is 0.941. The number of aromatic nitrogens is 2. The first-order chi connectivity index (χ1) is 8.20. The van der Waals surface area contributed by atoms with Crippen LogP contribution in [0.1, 0.15) is 44.0 Å². The summed E-state index contributed by atoms with van der Waals surface area (Å²) < 4.78 is 2.03. The zero-order valence-electron chi connectivity index (χ0n) is 11.4. The third kappa shape index (κ3) is 3.56. The maximum Gasteiger partial charge on any atom is 0.0596 e. The third-order valence-electron chi connectivity index (χ3n) is 3.66. The number of rotatable bonds is 7. The van der Waals surface area contributed by atoms with Crippen molar-refractivity contribution in [2.75, 3.05) is 6.54 Å². The minimum Gasteiger partial charge on any atom is -0.314 e. The summed E-state index contributed by atoms with van der Waals surface area (Å²) >= 11 is 0. The SMILES string of the molecule is CCCNC(CCc1cc(C)nn1C)C1CC1. The summed E-state index contributed by atoms with van der Waals surface area (Å²) in [4.78, 5) is 0. The van der Waals surface area contributed by atoms with E-state index in [1.807, 2.05) is 11.7 Å². The highest BCUT2D eigenvalue weighted by Gasteiger charge is 2.30. The molecule has 3 nitrogen and oxygen atoms in total. The summed E-state index contributed by atoms with van der Waals surface area (Å²) in [6, 6.07) is 2.94. The summed E-state index contributed by atoms with van der Waals surface area (Å²) in [5, 5.41) is 8.11. The Morgan fingerprint density at radius 3 is 2.82 bits per heavy atom. The monoisotopic (exact) mass is 235 g/mol. The predicted molar refractivity (Wildman–Crippen MR) is 71.1 cm³/mol. The fourth-order valence-corrected chi connectivity index (χ4v) is 2.53. The molecule has 1 N–H and O–H groups in total. The van der Waals surface area contributed by atoms with Gasteiger partial charge in [-0.25, -0.2) is 0 Å². The van der Waals surface area contributed by atoms with E-state index in [4.69, 9.17) is 0 Å². The van der Waals surface area contributed by atoms with Crippen LogP contribution in [0.2, 0.25) is 0 Å². The van der Waals surface area contributed by atoms with Crippen LogP contribution in [0.15, 0.2) is 6.07 Å². The van der Waals surface area contributed by atoms with Gasteiger partial charge in [0.2, 0.25) is 0 Å².